The SMILES string of the molecule is CC.CC.COc1ccc(C)cc1/C=C/CCCCC(C)(C)OC. The van der Waals surface area contributed by atoms with E-state index < -0.39 is 0 Å². The smallest absolute Gasteiger partial charge is 0.126 e. The Morgan fingerprint density at radius 3 is 2.17 bits per heavy atom. The van der Waals surface area contributed by atoms with Crippen LogP contribution in [0, 0.1) is 6.92 Å². The van der Waals surface area contributed by atoms with Gasteiger partial charge in [-0.1, -0.05) is 57.9 Å². The van der Waals surface area contributed by atoms with Crippen LogP contribution in [-0.4, -0.2) is 19.8 Å². The molecule has 1 rings (SSSR count). The van der Waals surface area contributed by atoms with E-state index in [0.717, 1.165) is 24.2 Å². The second-order valence-corrected chi connectivity index (χ2v) is 5.86. The monoisotopic (exact) mass is 336 g/mol. The lowest BCUT2D eigenvalue weighted by Crippen LogP contribution is -2.21. The molecular formula is C22H40O2. The predicted octanol–water partition coefficient (Wildman–Crippen LogP) is 7.05. The fourth-order valence-electron chi connectivity index (χ4n) is 2.11. The highest BCUT2D eigenvalue weighted by Crippen LogP contribution is 2.22. The van der Waals surface area contributed by atoms with Crippen molar-refractivity contribution in [3.63, 3.8) is 0 Å². The fourth-order valence-corrected chi connectivity index (χ4v) is 2.11. The van der Waals surface area contributed by atoms with E-state index in [0.29, 0.717) is 0 Å². The molecule has 0 unspecified atom stereocenters. The molecule has 0 aromatic heterocycles. The lowest BCUT2D eigenvalue weighted by Gasteiger charge is -2.22. The van der Waals surface area contributed by atoms with Gasteiger partial charge in [0, 0.05) is 12.7 Å². The first-order valence-electron chi connectivity index (χ1n) is 9.35. The predicted molar refractivity (Wildman–Crippen MR) is 109 cm³/mol. The number of hydrogen-bond acceptors (Lipinski definition) is 2. The Kier molecular flexibility index (Phi) is 15.9. The minimum atomic E-state index is 0.00345. The summed E-state index contributed by atoms with van der Waals surface area (Å²) < 4.78 is 10.8. The standard InChI is InChI=1S/C18H28O2.2C2H6/c1-15-11-12-17(19-4)16(14-15)10-8-6-7-9-13-18(2,3)20-5;2*1-2/h8,10-12,14H,6-7,9,13H2,1-5H3;2*1-2H3/b10-8+;;. The number of allylic oxidation sites excluding steroid dienone is 1. The number of rotatable bonds is 8. The summed E-state index contributed by atoms with van der Waals surface area (Å²) >= 11 is 0. The van der Waals surface area contributed by atoms with Gasteiger partial charge in [-0.15, -0.1) is 0 Å². The Morgan fingerprint density at radius 2 is 1.62 bits per heavy atom. The summed E-state index contributed by atoms with van der Waals surface area (Å²) in [5.74, 6) is 0.937. The number of benzene rings is 1. The molecule has 0 spiro atoms. The topological polar surface area (TPSA) is 18.5 Å². The minimum Gasteiger partial charge on any atom is -0.496 e. The number of aryl methyl sites for hydroxylation is 1. The van der Waals surface area contributed by atoms with E-state index in [1.165, 1.54) is 18.4 Å². The van der Waals surface area contributed by atoms with Crippen molar-refractivity contribution in [1.82, 2.24) is 0 Å². The Balaban J connectivity index is 0. The van der Waals surface area contributed by atoms with Crippen molar-refractivity contribution in [1.29, 1.82) is 0 Å². The van der Waals surface area contributed by atoms with Gasteiger partial charge < -0.3 is 9.47 Å². The molecule has 2 nitrogen and oxygen atoms in total. The summed E-state index contributed by atoms with van der Waals surface area (Å²) in [4.78, 5) is 0. The summed E-state index contributed by atoms with van der Waals surface area (Å²) in [6.07, 6.45) is 8.97. The molecule has 2 heteroatoms. The second-order valence-electron chi connectivity index (χ2n) is 5.86. The molecule has 1 aromatic rings. The van der Waals surface area contributed by atoms with Crippen molar-refractivity contribution >= 4 is 6.08 Å². The van der Waals surface area contributed by atoms with Gasteiger partial charge in [0.2, 0.25) is 0 Å². The first kappa shape index (κ1) is 25.0. The van der Waals surface area contributed by atoms with E-state index in [-0.39, 0.29) is 5.60 Å². The second kappa shape index (κ2) is 15.3. The highest BCUT2D eigenvalue weighted by molar-refractivity contribution is 5.58. The van der Waals surface area contributed by atoms with Crippen molar-refractivity contribution in [2.24, 2.45) is 0 Å². The lowest BCUT2D eigenvalue weighted by atomic mass is 10.0. The van der Waals surface area contributed by atoms with Crippen molar-refractivity contribution < 1.29 is 9.47 Å². The third-order valence-corrected chi connectivity index (χ3v) is 3.63. The molecule has 0 aliphatic carbocycles. The molecule has 0 aliphatic heterocycles. The summed E-state index contributed by atoms with van der Waals surface area (Å²) in [6.45, 7) is 14.4. The van der Waals surface area contributed by atoms with E-state index >= 15 is 0 Å². The highest BCUT2D eigenvalue weighted by atomic mass is 16.5. The Bertz CT molecular complexity index is 434. The van der Waals surface area contributed by atoms with Gasteiger partial charge in [-0.25, -0.2) is 0 Å². The number of unbranched alkanes of at least 4 members (excludes halogenated alkanes) is 2. The Morgan fingerprint density at radius 1 is 1.00 bits per heavy atom. The maximum atomic E-state index is 5.42. The van der Waals surface area contributed by atoms with Gasteiger partial charge in [0.15, 0.2) is 0 Å². The van der Waals surface area contributed by atoms with Crippen LogP contribution in [0.3, 0.4) is 0 Å². The third-order valence-electron chi connectivity index (χ3n) is 3.63. The minimum absolute atomic E-state index is 0.00345. The molecule has 24 heavy (non-hydrogen) atoms. The van der Waals surface area contributed by atoms with Crippen LogP contribution in [0.5, 0.6) is 5.75 Å². The molecule has 0 saturated heterocycles. The van der Waals surface area contributed by atoms with E-state index in [2.05, 4.69) is 45.1 Å². The van der Waals surface area contributed by atoms with E-state index in [1.807, 2.05) is 33.8 Å². The number of methoxy groups -OCH3 is 2. The van der Waals surface area contributed by atoms with Crippen LogP contribution in [0.25, 0.3) is 6.08 Å². The summed E-state index contributed by atoms with van der Waals surface area (Å²) in [5.41, 5.74) is 2.42. The Labute approximate surface area is 151 Å². The molecule has 1 aromatic carbocycles. The quantitative estimate of drug-likeness (QED) is 0.473. The number of hydrogen-bond donors (Lipinski definition) is 0. The van der Waals surface area contributed by atoms with Crippen LogP contribution in [0.15, 0.2) is 24.3 Å². The first-order chi connectivity index (χ1) is 11.5. The van der Waals surface area contributed by atoms with E-state index in [1.54, 1.807) is 14.2 Å². The average Bonchev–Trinajstić information content (AvgIpc) is 2.61. The third kappa shape index (κ3) is 11.3. The van der Waals surface area contributed by atoms with Crippen molar-refractivity contribution in [3.8, 4) is 5.75 Å². The van der Waals surface area contributed by atoms with Crippen LogP contribution < -0.4 is 4.74 Å². The summed E-state index contributed by atoms with van der Waals surface area (Å²) in [7, 11) is 3.50. The fraction of sp³-hybridized carbons (Fsp3) is 0.636. The molecule has 0 atom stereocenters. The molecule has 0 bridgehead atoms. The molecule has 0 aliphatic rings. The van der Waals surface area contributed by atoms with Crippen molar-refractivity contribution in [2.45, 2.75) is 79.8 Å². The molecule has 0 heterocycles. The highest BCUT2D eigenvalue weighted by Gasteiger charge is 2.14. The molecule has 0 fully saturated rings. The largest absolute Gasteiger partial charge is 0.496 e. The molecule has 0 radical (unpaired) electrons. The van der Waals surface area contributed by atoms with Gasteiger partial charge in [-0.3, -0.25) is 0 Å². The van der Waals surface area contributed by atoms with E-state index in [9.17, 15) is 0 Å². The van der Waals surface area contributed by atoms with Gasteiger partial charge in [0.05, 0.1) is 12.7 Å². The molecule has 140 valence electrons. The molecular weight excluding hydrogens is 296 g/mol. The zero-order valence-electron chi connectivity index (χ0n) is 17.5. The summed E-state index contributed by atoms with van der Waals surface area (Å²) in [6, 6.07) is 6.25. The maximum absolute atomic E-state index is 5.42. The molecule has 0 saturated carbocycles. The van der Waals surface area contributed by atoms with Crippen molar-refractivity contribution in [2.75, 3.05) is 14.2 Å². The normalized spacial score (nSPS) is 10.5. The Hall–Kier alpha value is -1.28. The van der Waals surface area contributed by atoms with Crippen molar-refractivity contribution in [3.05, 3.63) is 35.4 Å². The van der Waals surface area contributed by atoms with Gasteiger partial charge in [0.25, 0.3) is 0 Å². The van der Waals surface area contributed by atoms with Crippen LogP contribution in [-0.2, 0) is 4.74 Å². The first-order valence-corrected chi connectivity index (χ1v) is 9.35. The van der Waals surface area contributed by atoms with Gasteiger partial charge in [-0.05, 0) is 52.2 Å². The lowest BCUT2D eigenvalue weighted by molar-refractivity contribution is 0.0136. The molecule has 0 amide bonds. The zero-order valence-corrected chi connectivity index (χ0v) is 17.5. The van der Waals surface area contributed by atoms with E-state index in [4.69, 9.17) is 9.47 Å². The van der Waals surface area contributed by atoms with Crippen LogP contribution in [0.1, 0.15) is 78.4 Å². The van der Waals surface area contributed by atoms with Gasteiger partial charge in [0.1, 0.15) is 5.75 Å². The number of ether oxygens (including phenoxy) is 2. The zero-order chi connectivity index (χ0) is 19.0. The van der Waals surface area contributed by atoms with Crippen LogP contribution in [0.2, 0.25) is 0 Å². The molecule has 0 N–H and O–H groups in total. The average molecular weight is 337 g/mol. The van der Waals surface area contributed by atoms with Gasteiger partial charge in [-0.2, -0.15) is 0 Å². The van der Waals surface area contributed by atoms with Crippen LogP contribution >= 0.6 is 0 Å². The maximum Gasteiger partial charge on any atom is 0.126 e. The van der Waals surface area contributed by atoms with Gasteiger partial charge >= 0.3 is 0 Å². The summed E-state index contributed by atoms with van der Waals surface area (Å²) in [5, 5.41) is 0. The van der Waals surface area contributed by atoms with Crippen LogP contribution in [0.4, 0.5) is 0 Å².